The molecule has 3 nitrogen and oxygen atoms in total. The molecule has 0 radical (unpaired) electrons. The lowest BCUT2D eigenvalue weighted by Crippen LogP contribution is -2.41. The molecule has 0 spiro atoms. The van der Waals surface area contributed by atoms with Crippen molar-refractivity contribution in [1.82, 2.24) is 4.90 Å². The number of hydrogen-bond acceptors (Lipinski definition) is 3. The first-order chi connectivity index (χ1) is 7.23. The summed E-state index contributed by atoms with van der Waals surface area (Å²) >= 11 is 0. The van der Waals surface area contributed by atoms with Gasteiger partial charge in [-0.05, 0) is 38.6 Å². The molecule has 1 atom stereocenters. The van der Waals surface area contributed by atoms with E-state index in [1.54, 1.807) is 0 Å². The minimum atomic E-state index is -0.300. The van der Waals surface area contributed by atoms with E-state index in [2.05, 4.69) is 4.90 Å². The molecule has 2 fully saturated rings. The van der Waals surface area contributed by atoms with Gasteiger partial charge in [0.15, 0.2) is 0 Å². The molecule has 3 N–H and O–H groups in total. The molecule has 2 rings (SSSR count). The fourth-order valence-corrected chi connectivity index (χ4v) is 2.54. The number of aliphatic hydroxyl groups is 1. The molecule has 2 aliphatic rings. The maximum atomic E-state index is 9.83. The highest BCUT2D eigenvalue weighted by molar-refractivity contribution is 4.94. The average Bonchev–Trinajstić information content (AvgIpc) is 2.99. The highest BCUT2D eigenvalue weighted by Crippen LogP contribution is 2.38. The Labute approximate surface area is 92.6 Å². The van der Waals surface area contributed by atoms with Crippen LogP contribution in [-0.2, 0) is 0 Å². The fraction of sp³-hybridized carbons (Fsp3) is 1.00. The SMILES string of the molecule is NCC1CCCCCN1CCC1(O)CC1. The lowest BCUT2D eigenvalue weighted by molar-refractivity contribution is 0.107. The minimum Gasteiger partial charge on any atom is -0.390 e. The zero-order chi connectivity index (χ0) is 10.7. The van der Waals surface area contributed by atoms with E-state index >= 15 is 0 Å². The van der Waals surface area contributed by atoms with E-state index in [1.165, 1.54) is 32.2 Å². The minimum absolute atomic E-state index is 0.300. The standard InChI is InChI=1S/C12H24N2O/c13-10-11-4-2-1-3-8-14(11)9-7-12(15)5-6-12/h11,15H,1-10,13H2. The molecule has 88 valence electrons. The molecule has 1 saturated carbocycles. The Balaban J connectivity index is 1.80. The first kappa shape index (κ1) is 11.4. The van der Waals surface area contributed by atoms with Crippen molar-refractivity contribution in [2.75, 3.05) is 19.6 Å². The van der Waals surface area contributed by atoms with E-state index in [1.807, 2.05) is 0 Å². The van der Waals surface area contributed by atoms with Crippen molar-refractivity contribution in [1.29, 1.82) is 0 Å². The van der Waals surface area contributed by atoms with Crippen LogP contribution >= 0.6 is 0 Å². The summed E-state index contributed by atoms with van der Waals surface area (Å²) in [7, 11) is 0. The van der Waals surface area contributed by atoms with Gasteiger partial charge in [0.1, 0.15) is 0 Å². The summed E-state index contributed by atoms with van der Waals surface area (Å²) < 4.78 is 0. The lowest BCUT2D eigenvalue weighted by Gasteiger charge is -2.29. The number of hydrogen-bond donors (Lipinski definition) is 2. The second kappa shape index (κ2) is 4.81. The third-order valence-electron chi connectivity index (χ3n) is 3.96. The Kier molecular flexibility index (Phi) is 3.65. The molecular formula is C12H24N2O. The van der Waals surface area contributed by atoms with Crippen LogP contribution in [0.25, 0.3) is 0 Å². The Bertz CT molecular complexity index is 204. The van der Waals surface area contributed by atoms with Crippen molar-refractivity contribution < 1.29 is 5.11 Å². The molecule has 0 amide bonds. The Morgan fingerprint density at radius 2 is 2.07 bits per heavy atom. The van der Waals surface area contributed by atoms with Crippen LogP contribution in [0.5, 0.6) is 0 Å². The van der Waals surface area contributed by atoms with Gasteiger partial charge in [-0.15, -0.1) is 0 Å². The highest BCUT2D eigenvalue weighted by Gasteiger charge is 2.40. The van der Waals surface area contributed by atoms with Crippen LogP contribution in [0.1, 0.15) is 44.9 Å². The summed E-state index contributed by atoms with van der Waals surface area (Å²) in [5.41, 5.74) is 5.51. The van der Waals surface area contributed by atoms with Gasteiger partial charge < -0.3 is 10.8 Å². The first-order valence-corrected chi connectivity index (χ1v) is 6.40. The van der Waals surface area contributed by atoms with Crippen LogP contribution in [0.2, 0.25) is 0 Å². The predicted octanol–water partition coefficient (Wildman–Crippen LogP) is 1.10. The molecule has 0 aromatic rings. The van der Waals surface area contributed by atoms with E-state index < -0.39 is 0 Å². The van der Waals surface area contributed by atoms with Crippen LogP contribution < -0.4 is 5.73 Å². The molecule has 0 aromatic heterocycles. The lowest BCUT2D eigenvalue weighted by atomic mass is 10.1. The Morgan fingerprint density at radius 3 is 2.73 bits per heavy atom. The van der Waals surface area contributed by atoms with Crippen molar-refractivity contribution >= 4 is 0 Å². The second-order valence-electron chi connectivity index (χ2n) is 5.25. The van der Waals surface area contributed by atoms with Gasteiger partial charge >= 0.3 is 0 Å². The predicted molar refractivity (Wildman–Crippen MR) is 61.7 cm³/mol. The molecule has 1 saturated heterocycles. The Morgan fingerprint density at radius 1 is 1.27 bits per heavy atom. The van der Waals surface area contributed by atoms with Crippen LogP contribution in [-0.4, -0.2) is 41.3 Å². The van der Waals surface area contributed by atoms with Crippen LogP contribution in [0, 0.1) is 0 Å². The summed E-state index contributed by atoms with van der Waals surface area (Å²) in [6, 6.07) is 0.565. The smallest absolute Gasteiger partial charge is 0.0662 e. The summed E-state index contributed by atoms with van der Waals surface area (Å²) in [6.07, 6.45) is 8.18. The van der Waals surface area contributed by atoms with Gasteiger partial charge in [0.05, 0.1) is 5.60 Å². The van der Waals surface area contributed by atoms with Gasteiger partial charge in [-0.3, -0.25) is 4.90 Å². The molecular weight excluding hydrogens is 188 g/mol. The van der Waals surface area contributed by atoms with Crippen LogP contribution in [0.15, 0.2) is 0 Å². The van der Waals surface area contributed by atoms with E-state index in [-0.39, 0.29) is 5.60 Å². The van der Waals surface area contributed by atoms with Gasteiger partial charge in [-0.2, -0.15) is 0 Å². The average molecular weight is 212 g/mol. The van der Waals surface area contributed by atoms with Gasteiger partial charge in [-0.25, -0.2) is 0 Å². The molecule has 0 bridgehead atoms. The number of likely N-dealkylation sites (tertiary alicyclic amines) is 1. The van der Waals surface area contributed by atoms with Crippen molar-refractivity contribution in [3.05, 3.63) is 0 Å². The van der Waals surface area contributed by atoms with Crippen LogP contribution in [0.3, 0.4) is 0 Å². The van der Waals surface area contributed by atoms with E-state index in [0.29, 0.717) is 6.04 Å². The zero-order valence-electron chi connectivity index (χ0n) is 9.62. The summed E-state index contributed by atoms with van der Waals surface area (Å²) in [6.45, 7) is 2.99. The largest absolute Gasteiger partial charge is 0.390 e. The summed E-state index contributed by atoms with van der Waals surface area (Å²) in [5.74, 6) is 0. The maximum absolute atomic E-state index is 9.83. The van der Waals surface area contributed by atoms with Crippen molar-refractivity contribution in [2.45, 2.75) is 56.6 Å². The third-order valence-corrected chi connectivity index (χ3v) is 3.96. The zero-order valence-corrected chi connectivity index (χ0v) is 9.62. The first-order valence-electron chi connectivity index (χ1n) is 6.40. The van der Waals surface area contributed by atoms with Crippen molar-refractivity contribution in [3.63, 3.8) is 0 Å². The highest BCUT2D eigenvalue weighted by atomic mass is 16.3. The molecule has 15 heavy (non-hydrogen) atoms. The van der Waals surface area contributed by atoms with Gasteiger partial charge in [0.2, 0.25) is 0 Å². The van der Waals surface area contributed by atoms with Gasteiger partial charge in [0, 0.05) is 19.1 Å². The molecule has 1 aliphatic carbocycles. The van der Waals surface area contributed by atoms with Crippen molar-refractivity contribution in [3.8, 4) is 0 Å². The van der Waals surface area contributed by atoms with Gasteiger partial charge in [-0.1, -0.05) is 12.8 Å². The Hall–Kier alpha value is -0.120. The fourth-order valence-electron chi connectivity index (χ4n) is 2.54. The van der Waals surface area contributed by atoms with Crippen LogP contribution in [0.4, 0.5) is 0 Å². The molecule has 1 unspecified atom stereocenters. The quantitative estimate of drug-likeness (QED) is 0.734. The monoisotopic (exact) mass is 212 g/mol. The summed E-state index contributed by atoms with van der Waals surface area (Å²) in [5, 5.41) is 9.83. The third kappa shape index (κ3) is 3.16. The summed E-state index contributed by atoms with van der Waals surface area (Å²) in [4.78, 5) is 2.50. The van der Waals surface area contributed by atoms with E-state index in [4.69, 9.17) is 5.73 Å². The number of rotatable bonds is 4. The van der Waals surface area contributed by atoms with Crippen molar-refractivity contribution in [2.24, 2.45) is 5.73 Å². The molecule has 1 heterocycles. The molecule has 3 heteroatoms. The number of nitrogens with two attached hydrogens (primary N) is 1. The normalized spacial score (nSPS) is 31.2. The van der Waals surface area contributed by atoms with E-state index in [9.17, 15) is 5.11 Å². The topological polar surface area (TPSA) is 49.5 Å². The maximum Gasteiger partial charge on any atom is 0.0662 e. The van der Waals surface area contributed by atoms with Gasteiger partial charge in [0.25, 0.3) is 0 Å². The molecule has 0 aromatic carbocycles. The molecule has 1 aliphatic heterocycles. The van der Waals surface area contributed by atoms with E-state index in [0.717, 1.165) is 32.4 Å². The second-order valence-corrected chi connectivity index (χ2v) is 5.25. The number of nitrogens with zero attached hydrogens (tertiary/aromatic N) is 1.